The second kappa shape index (κ2) is 9.43. The molecule has 6 nitrogen and oxygen atoms in total. The number of aromatic nitrogens is 1. The van der Waals surface area contributed by atoms with Gasteiger partial charge in [-0.2, -0.15) is 0 Å². The molecule has 0 aliphatic rings. The predicted molar refractivity (Wildman–Crippen MR) is 109 cm³/mol. The molecule has 0 fully saturated rings. The summed E-state index contributed by atoms with van der Waals surface area (Å²) in [4.78, 5) is 16.3. The van der Waals surface area contributed by atoms with Gasteiger partial charge in [0, 0.05) is 17.4 Å². The highest BCUT2D eigenvalue weighted by atomic mass is 35.5. The van der Waals surface area contributed by atoms with E-state index in [1.807, 2.05) is 19.1 Å². The second-order valence-electron chi connectivity index (χ2n) is 5.40. The Morgan fingerprint density at radius 2 is 2.23 bits per heavy atom. The summed E-state index contributed by atoms with van der Waals surface area (Å²) in [5.74, 6) is -0.216. The molecule has 0 amide bonds. The predicted octanol–water partition coefficient (Wildman–Crippen LogP) is 4.26. The number of nitrogens with two attached hydrogens (primary N) is 1. The van der Waals surface area contributed by atoms with Crippen molar-refractivity contribution in [3.05, 3.63) is 45.8 Å². The SMILES string of the molecule is Cc1c(C[C@@H](N)C(=O)O)sc2c(NCc3ccco3)cc(Cl)nc12.Cl.Cl. The van der Waals surface area contributed by atoms with E-state index in [-0.39, 0.29) is 31.2 Å². The van der Waals surface area contributed by atoms with Gasteiger partial charge in [-0.1, -0.05) is 11.6 Å². The molecule has 0 bridgehead atoms. The van der Waals surface area contributed by atoms with Gasteiger partial charge >= 0.3 is 5.97 Å². The molecular weight excluding hydrogens is 421 g/mol. The van der Waals surface area contributed by atoms with Crippen molar-refractivity contribution in [1.29, 1.82) is 0 Å². The number of nitrogens with one attached hydrogen (secondary N) is 1. The van der Waals surface area contributed by atoms with Crippen LogP contribution in [0.2, 0.25) is 5.15 Å². The Morgan fingerprint density at radius 1 is 1.50 bits per heavy atom. The summed E-state index contributed by atoms with van der Waals surface area (Å²) in [6.07, 6.45) is 1.88. The first-order valence-electron chi connectivity index (χ1n) is 7.29. The van der Waals surface area contributed by atoms with E-state index < -0.39 is 12.0 Å². The van der Waals surface area contributed by atoms with Crippen LogP contribution in [-0.4, -0.2) is 22.1 Å². The van der Waals surface area contributed by atoms with E-state index in [9.17, 15) is 4.79 Å². The summed E-state index contributed by atoms with van der Waals surface area (Å²) in [7, 11) is 0. The minimum absolute atomic E-state index is 0. The number of hydrogen-bond donors (Lipinski definition) is 3. The van der Waals surface area contributed by atoms with Gasteiger partial charge in [0.15, 0.2) is 0 Å². The van der Waals surface area contributed by atoms with Gasteiger partial charge in [-0.3, -0.25) is 4.79 Å². The normalized spacial score (nSPS) is 11.5. The molecule has 0 aromatic carbocycles. The van der Waals surface area contributed by atoms with Gasteiger partial charge in [0.1, 0.15) is 17.0 Å². The lowest BCUT2D eigenvalue weighted by Gasteiger charge is -2.06. The van der Waals surface area contributed by atoms with Crippen LogP contribution < -0.4 is 11.1 Å². The fourth-order valence-electron chi connectivity index (χ4n) is 2.40. The van der Waals surface area contributed by atoms with Crippen LogP contribution in [0.3, 0.4) is 0 Å². The number of thiophene rings is 1. The first-order chi connectivity index (χ1) is 11.5. The zero-order valence-corrected chi connectivity index (χ0v) is 16.9. The number of furan rings is 1. The minimum Gasteiger partial charge on any atom is -0.480 e. The summed E-state index contributed by atoms with van der Waals surface area (Å²) in [6, 6.07) is 4.52. The summed E-state index contributed by atoms with van der Waals surface area (Å²) in [5, 5.41) is 12.7. The Bertz CT molecular complexity index is 884. The van der Waals surface area contributed by atoms with Gasteiger partial charge in [-0.05, 0) is 24.6 Å². The highest BCUT2D eigenvalue weighted by molar-refractivity contribution is 7.19. The number of fused-ring (bicyclic) bond motifs is 1. The van der Waals surface area contributed by atoms with Gasteiger partial charge in [-0.15, -0.1) is 36.2 Å². The summed E-state index contributed by atoms with van der Waals surface area (Å²) in [5.41, 5.74) is 8.18. The van der Waals surface area contributed by atoms with Crippen molar-refractivity contribution in [2.45, 2.75) is 25.9 Å². The maximum atomic E-state index is 11.0. The lowest BCUT2D eigenvalue weighted by molar-refractivity contribution is -0.138. The number of rotatable bonds is 6. The third-order valence-corrected chi connectivity index (χ3v) is 5.23. The van der Waals surface area contributed by atoms with Crippen molar-refractivity contribution in [3.8, 4) is 0 Å². The van der Waals surface area contributed by atoms with Crippen LogP contribution >= 0.6 is 47.8 Å². The molecule has 26 heavy (non-hydrogen) atoms. The molecule has 3 aromatic heterocycles. The second-order valence-corrected chi connectivity index (χ2v) is 6.89. The molecule has 4 N–H and O–H groups in total. The van der Waals surface area contributed by atoms with Gasteiger partial charge < -0.3 is 20.6 Å². The molecular formula is C16H18Cl3N3O3S. The van der Waals surface area contributed by atoms with Crippen LogP contribution in [0.15, 0.2) is 28.9 Å². The van der Waals surface area contributed by atoms with Crippen LogP contribution in [0, 0.1) is 6.92 Å². The monoisotopic (exact) mass is 437 g/mol. The molecule has 1 atom stereocenters. The Morgan fingerprint density at radius 3 is 2.85 bits per heavy atom. The van der Waals surface area contributed by atoms with Crippen LogP contribution in [0.5, 0.6) is 0 Å². The van der Waals surface area contributed by atoms with Crippen molar-refractivity contribution in [1.82, 2.24) is 4.98 Å². The molecule has 0 saturated carbocycles. The number of pyridine rings is 1. The number of aryl methyl sites for hydroxylation is 1. The van der Waals surface area contributed by atoms with Crippen molar-refractivity contribution >= 4 is 69.6 Å². The molecule has 10 heteroatoms. The Kier molecular flexibility index (Phi) is 8.17. The van der Waals surface area contributed by atoms with E-state index in [1.165, 1.54) is 11.3 Å². The van der Waals surface area contributed by atoms with Gasteiger partial charge in [0.2, 0.25) is 0 Å². The first-order valence-corrected chi connectivity index (χ1v) is 8.48. The molecule has 0 unspecified atom stereocenters. The molecule has 0 radical (unpaired) electrons. The van der Waals surface area contributed by atoms with Crippen LogP contribution in [0.25, 0.3) is 10.2 Å². The fraction of sp³-hybridized carbons (Fsp3) is 0.250. The topological polar surface area (TPSA) is 101 Å². The molecule has 0 saturated heterocycles. The van der Waals surface area contributed by atoms with Crippen LogP contribution in [-0.2, 0) is 17.8 Å². The largest absolute Gasteiger partial charge is 0.480 e. The van der Waals surface area contributed by atoms with E-state index in [4.69, 9.17) is 26.9 Å². The van der Waals surface area contributed by atoms with Crippen molar-refractivity contribution in [2.75, 3.05) is 5.32 Å². The molecule has 3 aromatic rings. The number of nitrogens with zero attached hydrogens (tertiary/aromatic N) is 1. The zero-order valence-electron chi connectivity index (χ0n) is 13.7. The van der Waals surface area contributed by atoms with Crippen molar-refractivity contribution < 1.29 is 14.3 Å². The summed E-state index contributed by atoms with van der Waals surface area (Å²) in [6.45, 7) is 2.42. The average molecular weight is 439 g/mol. The van der Waals surface area contributed by atoms with E-state index in [1.54, 1.807) is 12.3 Å². The average Bonchev–Trinajstić information content (AvgIpc) is 3.15. The Hall–Kier alpha value is -1.51. The van der Waals surface area contributed by atoms with Crippen LogP contribution in [0.1, 0.15) is 16.2 Å². The molecule has 0 aliphatic carbocycles. The number of carboxylic acid groups (broad SMARTS) is 1. The molecule has 142 valence electrons. The fourth-order valence-corrected chi connectivity index (χ4v) is 3.89. The number of hydrogen-bond acceptors (Lipinski definition) is 6. The van der Waals surface area contributed by atoms with E-state index in [0.29, 0.717) is 11.7 Å². The highest BCUT2D eigenvalue weighted by Gasteiger charge is 2.19. The van der Waals surface area contributed by atoms with Crippen molar-refractivity contribution in [3.63, 3.8) is 0 Å². The first kappa shape index (κ1) is 22.5. The maximum Gasteiger partial charge on any atom is 0.320 e. The number of aliphatic carboxylic acids is 1. The number of carboxylic acids is 1. The molecule has 0 aliphatic heterocycles. The third-order valence-electron chi connectivity index (χ3n) is 3.70. The lowest BCUT2D eigenvalue weighted by atomic mass is 10.1. The maximum absolute atomic E-state index is 11.0. The van der Waals surface area contributed by atoms with Crippen molar-refractivity contribution in [2.24, 2.45) is 5.73 Å². The quantitative estimate of drug-likeness (QED) is 0.497. The standard InChI is InChI=1S/C16H16ClN3O3S.2ClH/c1-8-12(5-10(18)16(21)22)24-15-11(6-13(17)20-14(8)15)19-7-9-3-2-4-23-9;;/h2-4,6,10H,5,7,18H2,1H3,(H,19,20)(H,21,22);2*1H/t10-;;/m1../s1. The minimum atomic E-state index is -1.02. The van der Waals surface area contributed by atoms with Gasteiger partial charge in [0.25, 0.3) is 0 Å². The Labute approximate surface area is 171 Å². The smallest absolute Gasteiger partial charge is 0.320 e. The molecule has 0 spiro atoms. The Balaban J connectivity index is 0.00000169. The number of halogens is 3. The van der Waals surface area contributed by atoms with Gasteiger partial charge in [0.05, 0.1) is 28.7 Å². The summed E-state index contributed by atoms with van der Waals surface area (Å²) < 4.78 is 6.24. The van der Waals surface area contributed by atoms with Gasteiger partial charge in [-0.25, -0.2) is 4.98 Å². The molecule has 3 rings (SSSR count). The highest BCUT2D eigenvalue weighted by Crippen LogP contribution is 2.37. The zero-order chi connectivity index (χ0) is 17.3. The number of carbonyl (C=O) groups is 1. The van der Waals surface area contributed by atoms with Crippen LogP contribution in [0.4, 0.5) is 5.69 Å². The van der Waals surface area contributed by atoms with E-state index >= 15 is 0 Å². The number of anilines is 1. The third kappa shape index (κ3) is 4.81. The lowest BCUT2D eigenvalue weighted by Crippen LogP contribution is -2.32. The van der Waals surface area contributed by atoms with E-state index in [0.717, 1.165) is 32.1 Å². The van der Waals surface area contributed by atoms with E-state index in [2.05, 4.69) is 10.3 Å². The molecule has 3 heterocycles. The summed E-state index contributed by atoms with van der Waals surface area (Å²) >= 11 is 7.62.